The van der Waals surface area contributed by atoms with E-state index in [2.05, 4.69) is 9.56 Å². The van der Waals surface area contributed by atoms with Gasteiger partial charge in [0.05, 0.1) is 23.5 Å². The van der Waals surface area contributed by atoms with Gasteiger partial charge in [0.2, 0.25) is 0 Å². The summed E-state index contributed by atoms with van der Waals surface area (Å²) >= 11 is 7.78. The number of carbonyl (C=O) groups excluding carboxylic acids is 1. The second kappa shape index (κ2) is 6.77. The second-order valence-corrected chi connectivity index (χ2v) is 8.57. The molecule has 3 aromatic rings. The molecule has 1 fully saturated rings. The molecule has 2 heterocycles. The van der Waals surface area contributed by atoms with E-state index in [1.807, 2.05) is 24.3 Å². The third-order valence-corrected chi connectivity index (χ3v) is 6.50. The van der Waals surface area contributed by atoms with Crippen molar-refractivity contribution in [2.24, 2.45) is 11.1 Å². The lowest BCUT2D eigenvalue weighted by Crippen LogP contribution is -2.06. The number of carbonyl (C=O) groups is 1. The fourth-order valence-electron chi connectivity index (χ4n) is 3.52. The van der Waals surface area contributed by atoms with Crippen LogP contribution in [0.3, 0.4) is 0 Å². The van der Waals surface area contributed by atoms with Gasteiger partial charge in [-0.1, -0.05) is 28.9 Å². The lowest BCUT2D eigenvalue weighted by Gasteiger charge is -2.11. The number of aryl methyl sites for hydroxylation is 2. The predicted molar refractivity (Wildman–Crippen MR) is 107 cm³/mol. The summed E-state index contributed by atoms with van der Waals surface area (Å²) in [5, 5.41) is 4.69. The molecule has 0 unspecified atom stereocenters. The van der Waals surface area contributed by atoms with Crippen molar-refractivity contribution in [1.82, 2.24) is 9.38 Å². The summed E-state index contributed by atoms with van der Waals surface area (Å²) in [6, 6.07) is 7.62. The minimum absolute atomic E-state index is 0.0252. The number of hydrogen-bond donors (Lipinski definition) is 0. The molecule has 2 aliphatic carbocycles. The van der Waals surface area contributed by atoms with Crippen molar-refractivity contribution in [2.45, 2.75) is 38.5 Å². The number of imidazole rings is 1. The maximum absolute atomic E-state index is 11.8. The van der Waals surface area contributed by atoms with Gasteiger partial charge < -0.3 is 4.84 Å². The first-order valence-corrected chi connectivity index (χ1v) is 10.4. The molecule has 0 aliphatic heterocycles. The summed E-state index contributed by atoms with van der Waals surface area (Å²) in [5.41, 5.74) is 3.96. The van der Waals surface area contributed by atoms with Crippen LogP contribution in [-0.2, 0) is 22.5 Å². The summed E-state index contributed by atoms with van der Waals surface area (Å²) < 4.78 is 2.18. The van der Waals surface area contributed by atoms with E-state index < -0.39 is 0 Å². The Labute approximate surface area is 165 Å². The van der Waals surface area contributed by atoms with E-state index in [4.69, 9.17) is 21.4 Å². The van der Waals surface area contributed by atoms with Crippen molar-refractivity contribution in [3.8, 4) is 11.3 Å². The normalized spacial score (nSPS) is 16.8. The Morgan fingerprint density at radius 1 is 1.26 bits per heavy atom. The Hall–Kier alpha value is -2.18. The molecule has 0 atom stereocenters. The first-order chi connectivity index (χ1) is 13.2. The molecular formula is C20H18ClN3O2S. The quantitative estimate of drug-likeness (QED) is 0.357. The average Bonchev–Trinajstić information content (AvgIpc) is 3.38. The minimum atomic E-state index is -0.243. The van der Waals surface area contributed by atoms with Gasteiger partial charge in [0.1, 0.15) is 0 Å². The van der Waals surface area contributed by atoms with Crippen molar-refractivity contribution in [1.29, 1.82) is 0 Å². The Morgan fingerprint density at radius 3 is 2.81 bits per heavy atom. The number of thiazole rings is 1. The highest BCUT2D eigenvalue weighted by atomic mass is 35.5. The smallest absolute Gasteiger partial charge is 0.318 e. The van der Waals surface area contributed by atoms with Crippen LogP contribution >= 0.6 is 22.9 Å². The lowest BCUT2D eigenvalue weighted by atomic mass is 10.0. The van der Waals surface area contributed by atoms with Gasteiger partial charge in [-0.25, -0.2) is 9.78 Å². The van der Waals surface area contributed by atoms with Crippen LogP contribution in [0, 0.1) is 5.92 Å². The molecule has 0 amide bonds. The van der Waals surface area contributed by atoms with Crippen LogP contribution in [-0.4, -0.2) is 21.6 Å². The van der Waals surface area contributed by atoms with E-state index in [0.29, 0.717) is 5.02 Å². The zero-order valence-corrected chi connectivity index (χ0v) is 16.2. The Balaban J connectivity index is 1.60. The van der Waals surface area contributed by atoms with Gasteiger partial charge in [-0.05, 0) is 50.7 Å². The number of benzene rings is 1. The fourth-order valence-corrected chi connectivity index (χ4v) is 4.86. The van der Waals surface area contributed by atoms with Gasteiger partial charge in [-0.2, -0.15) is 0 Å². The second-order valence-electron chi connectivity index (χ2n) is 7.07. The molecular weight excluding hydrogens is 382 g/mol. The molecule has 138 valence electrons. The molecule has 1 saturated carbocycles. The predicted octanol–water partition coefficient (Wildman–Crippen LogP) is 4.88. The van der Waals surface area contributed by atoms with Crippen molar-refractivity contribution in [2.75, 3.05) is 0 Å². The van der Waals surface area contributed by atoms with Crippen LogP contribution in [0.4, 0.5) is 0 Å². The molecule has 7 heteroatoms. The van der Waals surface area contributed by atoms with Crippen LogP contribution in [0.2, 0.25) is 5.02 Å². The molecule has 2 aromatic heterocycles. The number of nitrogens with zero attached hydrogens (tertiary/aromatic N) is 3. The summed E-state index contributed by atoms with van der Waals surface area (Å²) in [6.45, 7) is 0. The lowest BCUT2D eigenvalue weighted by molar-refractivity contribution is -0.145. The summed E-state index contributed by atoms with van der Waals surface area (Å²) in [6.07, 6.45) is 7.98. The molecule has 0 spiro atoms. The number of hydrogen-bond acceptors (Lipinski definition) is 5. The topological polar surface area (TPSA) is 56.0 Å². The molecule has 0 radical (unpaired) electrons. The van der Waals surface area contributed by atoms with Crippen LogP contribution in [0.15, 0.2) is 29.4 Å². The summed E-state index contributed by atoms with van der Waals surface area (Å²) in [5.74, 6) is -0.218. The van der Waals surface area contributed by atoms with Gasteiger partial charge in [0.25, 0.3) is 0 Å². The number of halogens is 1. The van der Waals surface area contributed by atoms with E-state index in [-0.39, 0.29) is 11.9 Å². The van der Waals surface area contributed by atoms with Crippen LogP contribution in [0.25, 0.3) is 16.2 Å². The van der Waals surface area contributed by atoms with E-state index in [9.17, 15) is 4.79 Å². The fraction of sp³-hybridized carbons (Fsp3) is 0.350. The van der Waals surface area contributed by atoms with Crippen LogP contribution in [0.1, 0.15) is 41.9 Å². The Morgan fingerprint density at radius 2 is 2.04 bits per heavy atom. The standard InChI is InChI=1S/C20H18ClN3O2S/c21-14-9-7-12(8-10-14)18-16(11-22-26-19(25)13-5-6-13)24-15-3-1-2-4-17(15)27-20(24)23-18/h7-11,13H,1-6H2/b22-11+. The molecule has 1 aromatic carbocycles. The number of fused-ring (bicyclic) bond motifs is 3. The van der Waals surface area contributed by atoms with Gasteiger partial charge in [0, 0.05) is 21.2 Å². The number of aromatic nitrogens is 2. The molecule has 27 heavy (non-hydrogen) atoms. The first-order valence-electron chi connectivity index (χ1n) is 9.24. The molecule has 0 N–H and O–H groups in total. The van der Waals surface area contributed by atoms with Crippen LogP contribution < -0.4 is 0 Å². The van der Waals surface area contributed by atoms with Crippen molar-refractivity contribution >= 4 is 40.1 Å². The zero-order valence-electron chi connectivity index (χ0n) is 14.7. The highest BCUT2D eigenvalue weighted by Crippen LogP contribution is 2.35. The Kier molecular flexibility index (Phi) is 4.25. The van der Waals surface area contributed by atoms with Crippen molar-refractivity contribution in [3.63, 3.8) is 0 Å². The number of oxime groups is 1. The molecule has 2 aliphatic rings. The molecule has 5 rings (SSSR count). The average molecular weight is 400 g/mol. The monoisotopic (exact) mass is 399 g/mol. The van der Waals surface area contributed by atoms with Crippen molar-refractivity contribution in [3.05, 3.63) is 45.6 Å². The van der Waals surface area contributed by atoms with Gasteiger partial charge in [0.15, 0.2) is 4.96 Å². The van der Waals surface area contributed by atoms with Gasteiger partial charge >= 0.3 is 5.97 Å². The third-order valence-electron chi connectivity index (χ3n) is 5.10. The third kappa shape index (κ3) is 3.17. The zero-order chi connectivity index (χ0) is 18.4. The van der Waals surface area contributed by atoms with E-state index in [0.717, 1.165) is 47.6 Å². The minimum Gasteiger partial charge on any atom is -0.318 e. The summed E-state index contributed by atoms with van der Waals surface area (Å²) in [4.78, 5) is 24.1. The van der Waals surface area contributed by atoms with E-state index in [1.165, 1.54) is 23.4 Å². The highest BCUT2D eigenvalue weighted by molar-refractivity contribution is 7.17. The maximum atomic E-state index is 11.8. The highest BCUT2D eigenvalue weighted by Gasteiger charge is 2.31. The van der Waals surface area contributed by atoms with E-state index >= 15 is 0 Å². The SMILES string of the molecule is O=C(O/N=C/c1c(-c2ccc(Cl)cc2)nc2sc3c(n12)CCCC3)C1CC1. The first kappa shape index (κ1) is 17.0. The molecule has 0 saturated heterocycles. The van der Waals surface area contributed by atoms with Gasteiger partial charge in [-0.3, -0.25) is 4.40 Å². The number of rotatable bonds is 4. The molecule has 0 bridgehead atoms. The molecule has 5 nitrogen and oxygen atoms in total. The van der Waals surface area contributed by atoms with Crippen LogP contribution in [0.5, 0.6) is 0 Å². The van der Waals surface area contributed by atoms with Gasteiger partial charge in [-0.15, -0.1) is 11.3 Å². The largest absolute Gasteiger partial charge is 0.338 e. The maximum Gasteiger partial charge on any atom is 0.338 e. The van der Waals surface area contributed by atoms with E-state index in [1.54, 1.807) is 17.6 Å². The Bertz CT molecular complexity index is 1050. The summed E-state index contributed by atoms with van der Waals surface area (Å²) in [7, 11) is 0. The van der Waals surface area contributed by atoms with Crippen molar-refractivity contribution < 1.29 is 9.63 Å².